The lowest BCUT2D eigenvalue weighted by Gasteiger charge is -2.28. The molecule has 18 heavy (non-hydrogen) atoms. The molecule has 0 aromatic heterocycles. The standard InChI is InChI=1S/C12H17N3O3/c1-8-4-5-14(12(8)7-16)11-3-2-9(15(17)18)6-10(11)13/h2-3,6,8,12,16H,4-5,7,13H2,1H3. The quantitative estimate of drug-likeness (QED) is 0.481. The number of hydrogen-bond donors (Lipinski definition) is 2. The number of benzene rings is 1. The molecule has 1 fully saturated rings. The van der Waals surface area contributed by atoms with Crippen molar-refractivity contribution in [3.63, 3.8) is 0 Å². The number of nitrogens with two attached hydrogens (primary N) is 1. The Bertz CT molecular complexity index is 464. The fourth-order valence-corrected chi connectivity index (χ4v) is 2.50. The van der Waals surface area contributed by atoms with Gasteiger partial charge in [-0.2, -0.15) is 0 Å². The van der Waals surface area contributed by atoms with E-state index >= 15 is 0 Å². The highest BCUT2D eigenvalue weighted by atomic mass is 16.6. The molecule has 2 unspecified atom stereocenters. The predicted molar refractivity (Wildman–Crippen MR) is 69.5 cm³/mol. The highest BCUT2D eigenvalue weighted by Crippen LogP contribution is 2.34. The van der Waals surface area contributed by atoms with Crippen LogP contribution >= 0.6 is 0 Å². The molecule has 3 N–H and O–H groups in total. The van der Waals surface area contributed by atoms with Crippen molar-refractivity contribution in [3.05, 3.63) is 28.3 Å². The molecule has 0 bridgehead atoms. The minimum Gasteiger partial charge on any atom is -0.397 e. The van der Waals surface area contributed by atoms with Gasteiger partial charge in [-0.05, 0) is 18.4 Å². The van der Waals surface area contributed by atoms with Crippen molar-refractivity contribution >= 4 is 17.1 Å². The van der Waals surface area contributed by atoms with Crippen LogP contribution in [0.3, 0.4) is 0 Å². The zero-order valence-corrected chi connectivity index (χ0v) is 10.2. The van der Waals surface area contributed by atoms with Crippen molar-refractivity contribution in [2.45, 2.75) is 19.4 Å². The molecule has 1 saturated heterocycles. The van der Waals surface area contributed by atoms with Gasteiger partial charge in [0.05, 0.1) is 28.9 Å². The van der Waals surface area contributed by atoms with Gasteiger partial charge in [-0.15, -0.1) is 0 Å². The summed E-state index contributed by atoms with van der Waals surface area (Å²) in [6.07, 6.45) is 0.988. The number of rotatable bonds is 3. The Morgan fingerprint density at radius 2 is 2.33 bits per heavy atom. The second kappa shape index (κ2) is 4.81. The summed E-state index contributed by atoms with van der Waals surface area (Å²) < 4.78 is 0. The van der Waals surface area contributed by atoms with Crippen LogP contribution in [-0.4, -0.2) is 29.2 Å². The minimum absolute atomic E-state index is 0.0101. The Labute approximate surface area is 105 Å². The molecule has 1 aliphatic heterocycles. The Kier molecular flexibility index (Phi) is 3.38. The number of non-ortho nitro benzene ring substituents is 1. The van der Waals surface area contributed by atoms with Crippen LogP contribution in [0.25, 0.3) is 0 Å². The molecule has 6 heteroatoms. The van der Waals surface area contributed by atoms with Gasteiger partial charge >= 0.3 is 0 Å². The molecule has 1 aromatic carbocycles. The average Bonchev–Trinajstić information content (AvgIpc) is 2.70. The van der Waals surface area contributed by atoms with E-state index in [1.165, 1.54) is 12.1 Å². The maximum absolute atomic E-state index is 10.7. The fourth-order valence-electron chi connectivity index (χ4n) is 2.50. The SMILES string of the molecule is CC1CCN(c2ccc([N+](=O)[O-])cc2N)C1CO. The Balaban J connectivity index is 2.31. The van der Waals surface area contributed by atoms with Gasteiger partial charge in [0.1, 0.15) is 0 Å². The minimum atomic E-state index is -0.462. The Morgan fingerprint density at radius 1 is 1.61 bits per heavy atom. The summed E-state index contributed by atoms with van der Waals surface area (Å²) in [7, 11) is 0. The molecule has 2 atom stereocenters. The molecule has 0 spiro atoms. The van der Waals surface area contributed by atoms with E-state index in [9.17, 15) is 15.2 Å². The van der Waals surface area contributed by atoms with Crippen LogP contribution in [0.1, 0.15) is 13.3 Å². The molecule has 6 nitrogen and oxygen atoms in total. The van der Waals surface area contributed by atoms with Crippen molar-refractivity contribution in [3.8, 4) is 0 Å². The molecule has 0 radical (unpaired) electrons. The number of nitrogen functional groups attached to an aromatic ring is 1. The maximum Gasteiger partial charge on any atom is 0.271 e. The summed E-state index contributed by atoms with van der Waals surface area (Å²) in [5.74, 6) is 0.393. The smallest absolute Gasteiger partial charge is 0.271 e. The number of aliphatic hydroxyl groups is 1. The summed E-state index contributed by atoms with van der Waals surface area (Å²) >= 11 is 0. The monoisotopic (exact) mass is 251 g/mol. The van der Waals surface area contributed by atoms with E-state index in [1.54, 1.807) is 6.07 Å². The van der Waals surface area contributed by atoms with Gasteiger partial charge in [-0.1, -0.05) is 6.92 Å². The van der Waals surface area contributed by atoms with Crippen molar-refractivity contribution in [1.82, 2.24) is 0 Å². The lowest BCUT2D eigenvalue weighted by Crippen LogP contribution is -2.35. The summed E-state index contributed by atoms with van der Waals surface area (Å²) in [6.45, 7) is 2.97. The van der Waals surface area contributed by atoms with Gasteiger partial charge in [0.2, 0.25) is 0 Å². The summed E-state index contributed by atoms with van der Waals surface area (Å²) in [5, 5.41) is 20.1. The number of nitrogens with zero attached hydrogens (tertiary/aromatic N) is 2. The van der Waals surface area contributed by atoms with Gasteiger partial charge in [0.25, 0.3) is 5.69 Å². The first-order valence-corrected chi connectivity index (χ1v) is 5.96. The molecule has 1 heterocycles. The average molecular weight is 251 g/mol. The molecule has 1 aromatic rings. The highest BCUT2D eigenvalue weighted by Gasteiger charge is 2.31. The van der Waals surface area contributed by atoms with Gasteiger partial charge in [-0.25, -0.2) is 0 Å². The molecular formula is C12H17N3O3. The topological polar surface area (TPSA) is 92.6 Å². The van der Waals surface area contributed by atoms with Crippen LogP contribution in [0.4, 0.5) is 17.1 Å². The maximum atomic E-state index is 10.7. The third-order valence-electron chi connectivity index (χ3n) is 3.60. The van der Waals surface area contributed by atoms with Crippen molar-refractivity contribution < 1.29 is 10.0 Å². The first-order valence-electron chi connectivity index (χ1n) is 5.96. The third kappa shape index (κ3) is 2.11. The van der Waals surface area contributed by atoms with Gasteiger partial charge in [0.15, 0.2) is 0 Å². The normalized spacial score (nSPS) is 23.3. The zero-order chi connectivity index (χ0) is 13.3. The van der Waals surface area contributed by atoms with E-state index in [4.69, 9.17) is 5.73 Å². The Hall–Kier alpha value is -1.82. The van der Waals surface area contributed by atoms with E-state index in [1.807, 2.05) is 4.90 Å². The van der Waals surface area contributed by atoms with Gasteiger partial charge < -0.3 is 15.7 Å². The highest BCUT2D eigenvalue weighted by molar-refractivity contribution is 5.71. The van der Waals surface area contributed by atoms with Gasteiger partial charge in [-0.3, -0.25) is 10.1 Å². The van der Waals surface area contributed by atoms with E-state index < -0.39 is 4.92 Å². The van der Waals surface area contributed by atoms with E-state index in [0.717, 1.165) is 18.7 Å². The molecular weight excluding hydrogens is 234 g/mol. The first-order chi connectivity index (χ1) is 8.54. The molecule has 2 rings (SSSR count). The zero-order valence-electron chi connectivity index (χ0n) is 10.2. The van der Waals surface area contributed by atoms with E-state index in [2.05, 4.69) is 6.92 Å². The second-order valence-corrected chi connectivity index (χ2v) is 4.71. The Morgan fingerprint density at radius 3 is 2.89 bits per heavy atom. The van der Waals surface area contributed by atoms with Crippen LogP contribution in [0.2, 0.25) is 0 Å². The van der Waals surface area contributed by atoms with Crippen molar-refractivity contribution in [2.24, 2.45) is 5.92 Å². The summed E-state index contributed by atoms with van der Waals surface area (Å²) in [6, 6.07) is 4.51. The number of nitro benzene ring substituents is 1. The molecule has 0 amide bonds. The number of anilines is 2. The second-order valence-electron chi connectivity index (χ2n) is 4.71. The van der Waals surface area contributed by atoms with Crippen molar-refractivity contribution in [2.75, 3.05) is 23.8 Å². The number of nitro groups is 1. The number of hydrogen-bond acceptors (Lipinski definition) is 5. The van der Waals surface area contributed by atoms with Crippen LogP contribution in [-0.2, 0) is 0 Å². The first kappa shape index (κ1) is 12.6. The molecule has 0 saturated carbocycles. The van der Waals surface area contributed by atoms with Gasteiger partial charge in [0, 0.05) is 18.7 Å². The molecule has 1 aliphatic rings. The van der Waals surface area contributed by atoms with Crippen LogP contribution in [0.15, 0.2) is 18.2 Å². The van der Waals surface area contributed by atoms with Crippen LogP contribution in [0.5, 0.6) is 0 Å². The lowest BCUT2D eigenvalue weighted by molar-refractivity contribution is -0.384. The van der Waals surface area contributed by atoms with Crippen molar-refractivity contribution in [1.29, 1.82) is 0 Å². The predicted octanol–water partition coefficient (Wildman–Crippen LogP) is 1.38. The van der Waals surface area contributed by atoms with Crippen LogP contribution in [0, 0.1) is 16.0 Å². The van der Waals surface area contributed by atoms with E-state index in [-0.39, 0.29) is 18.3 Å². The summed E-state index contributed by atoms with van der Waals surface area (Å²) in [5.41, 5.74) is 7.02. The van der Waals surface area contributed by atoms with Crippen LogP contribution < -0.4 is 10.6 Å². The lowest BCUT2D eigenvalue weighted by atomic mass is 10.0. The third-order valence-corrected chi connectivity index (χ3v) is 3.60. The fraction of sp³-hybridized carbons (Fsp3) is 0.500. The number of aliphatic hydroxyl groups excluding tert-OH is 1. The summed E-state index contributed by atoms with van der Waals surface area (Å²) in [4.78, 5) is 12.2. The molecule has 98 valence electrons. The molecule has 0 aliphatic carbocycles. The largest absolute Gasteiger partial charge is 0.397 e. The van der Waals surface area contributed by atoms with E-state index in [0.29, 0.717) is 11.6 Å².